The van der Waals surface area contributed by atoms with Gasteiger partial charge in [0.1, 0.15) is 11.3 Å². The minimum atomic E-state index is -4.11. The summed E-state index contributed by atoms with van der Waals surface area (Å²) in [6, 6.07) is 14.2. The second-order valence-corrected chi connectivity index (χ2v) is 8.41. The third-order valence-electron chi connectivity index (χ3n) is 4.09. The highest BCUT2D eigenvalue weighted by Gasteiger charge is 2.25. The van der Waals surface area contributed by atoms with Crippen molar-refractivity contribution in [3.8, 4) is 5.75 Å². The topological polar surface area (TPSA) is 78.5 Å². The van der Waals surface area contributed by atoms with Crippen molar-refractivity contribution >= 4 is 54.5 Å². The Morgan fingerprint density at radius 2 is 1.69 bits per heavy atom. The Morgan fingerprint density at radius 1 is 1.04 bits per heavy atom. The molecule has 2 heterocycles. The quantitative estimate of drug-likeness (QED) is 0.418. The standard InChI is InChI=1S/C18H12INO5S/c1-24-11-6-8-12(9-7-11)26(22,23)20-15-10-16(19)25-17(15)13-4-2-3-5-14(13)18(20)21/h2-10H,1H3. The van der Waals surface area contributed by atoms with Crippen LogP contribution in [0.15, 0.2) is 68.7 Å². The van der Waals surface area contributed by atoms with Gasteiger partial charge in [-0.3, -0.25) is 4.79 Å². The van der Waals surface area contributed by atoms with Gasteiger partial charge in [-0.15, -0.1) is 0 Å². The lowest BCUT2D eigenvalue weighted by Crippen LogP contribution is -2.27. The maximum absolute atomic E-state index is 13.2. The summed E-state index contributed by atoms with van der Waals surface area (Å²) in [6.45, 7) is 0. The maximum atomic E-state index is 13.2. The molecule has 8 heteroatoms. The van der Waals surface area contributed by atoms with Gasteiger partial charge in [0, 0.05) is 11.5 Å². The van der Waals surface area contributed by atoms with Crippen molar-refractivity contribution in [2.45, 2.75) is 4.90 Å². The molecule has 0 bridgehead atoms. The number of nitrogens with zero attached hydrogens (tertiary/aromatic N) is 1. The van der Waals surface area contributed by atoms with E-state index in [0.717, 1.165) is 3.97 Å². The monoisotopic (exact) mass is 481 g/mol. The van der Waals surface area contributed by atoms with Gasteiger partial charge < -0.3 is 9.15 Å². The predicted octanol–water partition coefficient (Wildman–Crippen LogP) is 3.60. The number of benzene rings is 2. The summed E-state index contributed by atoms with van der Waals surface area (Å²) in [7, 11) is -2.62. The Morgan fingerprint density at radius 3 is 2.35 bits per heavy atom. The van der Waals surface area contributed by atoms with Gasteiger partial charge >= 0.3 is 0 Å². The Balaban J connectivity index is 2.12. The van der Waals surface area contributed by atoms with E-state index in [4.69, 9.17) is 9.15 Å². The van der Waals surface area contributed by atoms with Crippen molar-refractivity contribution < 1.29 is 17.6 Å². The van der Waals surface area contributed by atoms with Crippen molar-refractivity contribution in [2.24, 2.45) is 0 Å². The molecule has 0 unspecified atom stereocenters. The number of fused-ring (bicyclic) bond motifs is 3. The smallest absolute Gasteiger partial charge is 0.273 e. The van der Waals surface area contributed by atoms with Crippen molar-refractivity contribution in [1.29, 1.82) is 0 Å². The van der Waals surface area contributed by atoms with Gasteiger partial charge in [0.2, 0.25) is 0 Å². The van der Waals surface area contributed by atoms with Crippen LogP contribution in [-0.4, -0.2) is 19.5 Å². The van der Waals surface area contributed by atoms with E-state index in [1.165, 1.54) is 31.4 Å². The van der Waals surface area contributed by atoms with E-state index in [2.05, 4.69) is 0 Å². The molecule has 4 aromatic rings. The molecule has 2 aromatic heterocycles. The zero-order chi connectivity index (χ0) is 18.5. The molecule has 4 rings (SSSR count). The molecule has 0 aliphatic heterocycles. The number of rotatable bonds is 3. The van der Waals surface area contributed by atoms with Gasteiger partial charge in [-0.05, 0) is 52.9 Å². The lowest BCUT2D eigenvalue weighted by molar-refractivity contribution is 0.414. The van der Waals surface area contributed by atoms with E-state index in [-0.39, 0.29) is 15.8 Å². The molecule has 0 saturated carbocycles. The number of hydrogen-bond donors (Lipinski definition) is 0. The summed E-state index contributed by atoms with van der Waals surface area (Å²) in [4.78, 5) is 13.0. The number of ether oxygens (including phenoxy) is 1. The molecular formula is C18H12INO5S. The zero-order valence-corrected chi connectivity index (χ0v) is 16.4. The van der Waals surface area contributed by atoms with Gasteiger partial charge in [0.15, 0.2) is 9.35 Å². The van der Waals surface area contributed by atoms with Crippen molar-refractivity contribution in [3.63, 3.8) is 0 Å². The van der Waals surface area contributed by atoms with E-state index in [9.17, 15) is 13.2 Å². The molecule has 0 N–H and O–H groups in total. The van der Waals surface area contributed by atoms with E-state index in [1.54, 1.807) is 30.3 Å². The highest BCUT2D eigenvalue weighted by molar-refractivity contribution is 14.1. The highest BCUT2D eigenvalue weighted by Crippen LogP contribution is 2.29. The van der Waals surface area contributed by atoms with Gasteiger partial charge in [-0.2, -0.15) is 3.97 Å². The largest absolute Gasteiger partial charge is 0.497 e. The van der Waals surface area contributed by atoms with Crippen LogP contribution in [0.3, 0.4) is 0 Å². The first-order valence-corrected chi connectivity index (χ1v) is 10.1. The number of furan rings is 1. The van der Waals surface area contributed by atoms with Crippen molar-refractivity contribution in [2.75, 3.05) is 7.11 Å². The minimum absolute atomic E-state index is 0.00631. The van der Waals surface area contributed by atoms with Crippen molar-refractivity contribution in [1.82, 2.24) is 3.97 Å². The summed E-state index contributed by atoms with van der Waals surface area (Å²) in [5.41, 5.74) is -0.0308. The second-order valence-electron chi connectivity index (χ2n) is 5.56. The minimum Gasteiger partial charge on any atom is -0.497 e. The lowest BCUT2D eigenvalue weighted by atomic mass is 10.1. The number of methoxy groups -OCH3 is 1. The zero-order valence-electron chi connectivity index (χ0n) is 13.5. The molecule has 2 aromatic carbocycles. The molecular weight excluding hydrogens is 469 g/mol. The first-order valence-electron chi connectivity index (χ1n) is 7.56. The molecule has 0 aliphatic rings. The number of aromatic nitrogens is 1. The summed E-state index contributed by atoms with van der Waals surface area (Å²) in [5.74, 6) is 0.526. The van der Waals surface area contributed by atoms with Crippen LogP contribution in [-0.2, 0) is 10.0 Å². The van der Waals surface area contributed by atoms with E-state index >= 15 is 0 Å². The van der Waals surface area contributed by atoms with Crippen LogP contribution < -0.4 is 10.3 Å². The average molecular weight is 481 g/mol. The first kappa shape index (κ1) is 17.1. The second kappa shape index (κ2) is 6.13. The third-order valence-corrected chi connectivity index (χ3v) is 6.33. The molecule has 0 radical (unpaired) electrons. The fourth-order valence-corrected chi connectivity index (χ4v) is 4.79. The van der Waals surface area contributed by atoms with Gasteiger partial charge in [0.25, 0.3) is 15.6 Å². The summed E-state index contributed by atoms with van der Waals surface area (Å²) in [6.07, 6.45) is 0. The Bertz CT molecular complexity index is 1300. The summed E-state index contributed by atoms with van der Waals surface area (Å²) >= 11 is 1.95. The van der Waals surface area contributed by atoms with Crippen LogP contribution in [0, 0.1) is 3.77 Å². The Kier molecular flexibility index (Phi) is 4.03. The Hall–Kier alpha value is -2.33. The lowest BCUT2D eigenvalue weighted by Gasteiger charge is -2.11. The summed E-state index contributed by atoms with van der Waals surface area (Å²) in [5, 5.41) is 0.861. The highest BCUT2D eigenvalue weighted by atomic mass is 127. The molecule has 132 valence electrons. The average Bonchev–Trinajstić information content (AvgIpc) is 3.03. The van der Waals surface area contributed by atoms with E-state index < -0.39 is 15.6 Å². The van der Waals surface area contributed by atoms with Gasteiger partial charge in [0.05, 0.1) is 17.4 Å². The number of pyridine rings is 1. The molecule has 6 nitrogen and oxygen atoms in total. The van der Waals surface area contributed by atoms with Crippen LogP contribution in [0.4, 0.5) is 0 Å². The normalized spacial score (nSPS) is 11.9. The van der Waals surface area contributed by atoms with Crippen LogP contribution in [0.5, 0.6) is 5.75 Å². The first-order chi connectivity index (χ1) is 12.4. The molecule has 0 aliphatic carbocycles. The molecule has 0 amide bonds. The van der Waals surface area contributed by atoms with Gasteiger partial charge in [-0.25, -0.2) is 8.42 Å². The van der Waals surface area contributed by atoms with Crippen molar-refractivity contribution in [3.05, 3.63) is 68.7 Å². The van der Waals surface area contributed by atoms with Crippen LogP contribution >= 0.6 is 22.6 Å². The molecule has 0 spiro atoms. The maximum Gasteiger partial charge on any atom is 0.273 e. The molecule has 26 heavy (non-hydrogen) atoms. The molecule has 0 fully saturated rings. The van der Waals surface area contributed by atoms with Crippen LogP contribution in [0.1, 0.15) is 0 Å². The summed E-state index contributed by atoms with van der Waals surface area (Å²) < 4.78 is 38.4. The number of hydrogen-bond acceptors (Lipinski definition) is 5. The number of halogens is 1. The molecule has 0 atom stereocenters. The molecule has 0 saturated heterocycles. The van der Waals surface area contributed by atoms with Crippen LogP contribution in [0.2, 0.25) is 0 Å². The predicted molar refractivity (Wildman–Crippen MR) is 106 cm³/mol. The fraction of sp³-hybridized carbons (Fsp3) is 0.0556. The van der Waals surface area contributed by atoms with E-state index in [0.29, 0.717) is 20.5 Å². The van der Waals surface area contributed by atoms with Crippen LogP contribution in [0.25, 0.3) is 21.9 Å². The third kappa shape index (κ3) is 2.52. The Labute approximate surface area is 162 Å². The SMILES string of the molecule is COc1ccc(S(=O)(=O)n2c(=O)c3ccccc3c3oc(I)cc32)cc1. The van der Waals surface area contributed by atoms with E-state index in [1.807, 2.05) is 22.6 Å². The van der Waals surface area contributed by atoms with Gasteiger partial charge in [-0.1, -0.05) is 18.2 Å². The fourth-order valence-electron chi connectivity index (χ4n) is 2.87.